The number of benzene rings is 1. The maximum atomic E-state index is 12.9. The van der Waals surface area contributed by atoms with Crippen LogP contribution in [-0.2, 0) is 11.3 Å². The molecule has 1 aromatic rings. The zero-order valence-corrected chi connectivity index (χ0v) is 15.4. The highest BCUT2D eigenvalue weighted by Gasteiger charge is 2.38. The van der Waals surface area contributed by atoms with Crippen LogP contribution in [0.3, 0.4) is 0 Å². The van der Waals surface area contributed by atoms with Gasteiger partial charge in [-0.15, -0.1) is 12.4 Å². The van der Waals surface area contributed by atoms with Crippen molar-refractivity contribution in [1.29, 1.82) is 0 Å². The molecule has 1 aliphatic carbocycles. The number of carbonyl (C=O) groups excluding carboxylic acids is 1. The van der Waals surface area contributed by atoms with Crippen LogP contribution in [0.4, 0.5) is 0 Å². The van der Waals surface area contributed by atoms with Gasteiger partial charge in [0.05, 0.1) is 14.2 Å². The normalized spacial score (nSPS) is 18.1. The highest BCUT2D eigenvalue weighted by atomic mass is 35.5. The fourth-order valence-corrected chi connectivity index (χ4v) is 3.09. The van der Waals surface area contributed by atoms with Crippen LogP contribution in [0, 0.1) is 11.8 Å². The molecule has 24 heavy (non-hydrogen) atoms. The maximum Gasteiger partial charge on any atom is 0.226 e. The molecule has 5 nitrogen and oxygen atoms in total. The predicted molar refractivity (Wildman–Crippen MR) is 95.9 cm³/mol. The van der Waals surface area contributed by atoms with E-state index in [4.69, 9.17) is 9.47 Å². The van der Waals surface area contributed by atoms with E-state index in [0.29, 0.717) is 18.5 Å². The molecule has 6 heteroatoms. The quantitative estimate of drug-likeness (QED) is 0.817. The van der Waals surface area contributed by atoms with Crippen molar-refractivity contribution in [3.8, 4) is 11.5 Å². The molecule has 1 heterocycles. The first-order valence-corrected chi connectivity index (χ1v) is 8.36. The van der Waals surface area contributed by atoms with Gasteiger partial charge in [-0.25, -0.2) is 0 Å². The van der Waals surface area contributed by atoms with Crippen LogP contribution in [0.15, 0.2) is 18.2 Å². The van der Waals surface area contributed by atoms with Gasteiger partial charge in [-0.05, 0) is 50.0 Å². The number of ether oxygens (including phenoxy) is 2. The summed E-state index contributed by atoms with van der Waals surface area (Å²) in [7, 11) is 3.32. The van der Waals surface area contributed by atoms with Crippen molar-refractivity contribution in [3.05, 3.63) is 23.8 Å². The van der Waals surface area contributed by atoms with E-state index in [2.05, 4.69) is 12.2 Å². The Balaban J connectivity index is 0.00000208. The molecule has 1 aliphatic heterocycles. The van der Waals surface area contributed by atoms with E-state index < -0.39 is 0 Å². The molecule has 1 N–H and O–H groups in total. The molecular weight excluding hydrogens is 328 g/mol. The molecule has 0 bridgehead atoms. The Morgan fingerprint density at radius 1 is 1.29 bits per heavy atom. The Kier molecular flexibility index (Phi) is 6.35. The molecule has 134 valence electrons. The van der Waals surface area contributed by atoms with Crippen molar-refractivity contribution in [1.82, 2.24) is 10.2 Å². The van der Waals surface area contributed by atoms with Gasteiger partial charge in [-0.3, -0.25) is 4.79 Å². The zero-order valence-electron chi connectivity index (χ0n) is 14.6. The van der Waals surface area contributed by atoms with Crippen molar-refractivity contribution in [2.75, 3.05) is 27.3 Å². The maximum absolute atomic E-state index is 12.9. The van der Waals surface area contributed by atoms with E-state index >= 15 is 0 Å². The first-order valence-electron chi connectivity index (χ1n) is 8.36. The first-order chi connectivity index (χ1) is 11.1. The largest absolute Gasteiger partial charge is 0.497 e. The van der Waals surface area contributed by atoms with Crippen LogP contribution in [0.1, 0.15) is 25.3 Å². The second-order valence-corrected chi connectivity index (χ2v) is 6.58. The Hall–Kier alpha value is -1.46. The molecule has 3 rings (SSSR count). The van der Waals surface area contributed by atoms with Gasteiger partial charge < -0.3 is 19.7 Å². The summed E-state index contributed by atoms with van der Waals surface area (Å²) in [5.41, 5.74) is 1.01. The third-order valence-electron chi connectivity index (χ3n) is 5.01. The van der Waals surface area contributed by atoms with Crippen LogP contribution in [0.5, 0.6) is 11.5 Å². The minimum Gasteiger partial charge on any atom is -0.497 e. The number of nitrogens with zero attached hydrogens (tertiary/aromatic N) is 1. The Morgan fingerprint density at radius 2 is 2.00 bits per heavy atom. The van der Waals surface area contributed by atoms with E-state index in [-0.39, 0.29) is 24.2 Å². The lowest BCUT2D eigenvalue weighted by molar-refractivity contribution is -0.138. The van der Waals surface area contributed by atoms with Crippen molar-refractivity contribution >= 4 is 18.3 Å². The number of rotatable bonds is 7. The van der Waals surface area contributed by atoms with E-state index in [1.54, 1.807) is 14.2 Å². The fraction of sp³-hybridized carbons (Fsp3) is 0.611. The molecule has 1 amide bonds. The van der Waals surface area contributed by atoms with E-state index in [0.717, 1.165) is 43.0 Å². The molecule has 2 fully saturated rings. The van der Waals surface area contributed by atoms with Crippen LogP contribution in [0.2, 0.25) is 0 Å². The van der Waals surface area contributed by atoms with Crippen molar-refractivity contribution in [3.63, 3.8) is 0 Å². The summed E-state index contributed by atoms with van der Waals surface area (Å²) in [5, 5.41) is 3.26. The van der Waals surface area contributed by atoms with Gasteiger partial charge in [-0.2, -0.15) is 0 Å². The van der Waals surface area contributed by atoms with Crippen molar-refractivity contribution in [2.45, 2.75) is 32.4 Å². The molecule has 1 saturated carbocycles. The van der Waals surface area contributed by atoms with Crippen LogP contribution >= 0.6 is 12.4 Å². The summed E-state index contributed by atoms with van der Waals surface area (Å²) in [6.07, 6.45) is 2.21. The van der Waals surface area contributed by atoms with Crippen molar-refractivity contribution in [2.24, 2.45) is 11.8 Å². The second kappa shape index (κ2) is 8.08. The van der Waals surface area contributed by atoms with Gasteiger partial charge in [0, 0.05) is 24.1 Å². The highest BCUT2D eigenvalue weighted by molar-refractivity contribution is 5.85. The molecule has 1 saturated heterocycles. The molecule has 0 aromatic heterocycles. The van der Waals surface area contributed by atoms with Crippen molar-refractivity contribution < 1.29 is 14.3 Å². The van der Waals surface area contributed by atoms with Crippen LogP contribution in [-0.4, -0.2) is 44.2 Å². The number of hydrogen-bond acceptors (Lipinski definition) is 4. The third-order valence-corrected chi connectivity index (χ3v) is 5.01. The third kappa shape index (κ3) is 3.95. The number of carbonyl (C=O) groups is 1. The van der Waals surface area contributed by atoms with E-state index in [1.807, 2.05) is 23.1 Å². The lowest BCUT2D eigenvalue weighted by atomic mass is 9.87. The predicted octanol–water partition coefficient (Wildman–Crippen LogP) is 2.47. The Bertz CT molecular complexity index is 573. The standard InChI is InChI=1S/C18H26N2O3.ClH/c1-12(14-9-19-10-14)18(21)20(15-4-5-15)11-13-8-16(22-2)6-7-17(13)23-3;/h6-8,12,14-15,19H,4-5,9-11H2,1-3H3;1H. The summed E-state index contributed by atoms with van der Waals surface area (Å²) in [6, 6.07) is 6.14. The minimum absolute atomic E-state index is 0. The zero-order chi connectivity index (χ0) is 16.4. The summed E-state index contributed by atoms with van der Waals surface area (Å²) in [4.78, 5) is 15.0. The lowest BCUT2D eigenvalue weighted by Crippen LogP contribution is -2.50. The topological polar surface area (TPSA) is 50.8 Å². The average molecular weight is 355 g/mol. The Morgan fingerprint density at radius 3 is 2.50 bits per heavy atom. The van der Waals surface area contributed by atoms with Gasteiger partial charge in [0.25, 0.3) is 0 Å². The molecular formula is C18H27ClN2O3. The lowest BCUT2D eigenvalue weighted by Gasteiger charge is -2.35. The Labute approximate surface area is 150 Å². The molecule has 0 spiro atoms. The monoisotopic (exact) mass is 354 g/mol. The first kappa shape index (κ1) is 18.9. The molecule has 0 radical (unpaired) electrons. The van der Waals surface area contributed by atoms with E-state index in [9.17, 15) is 4.79 Å². The summed E-state index contributed by atoms with van der Waals surface area (Å²) < 4.78 is 10.8. The summed E-state index contributed by atoms with van der Waals surface area (Å²) in [6.45, 7) is 4.56. The molecule has 1 aromatic carbocycles. The number of methoxy groups -OCH3 is 2. The van der Waals surface area contributed by atoms with Crippen LogP contribution < -0.4 is 14.8 Å². The van der Waals surface area contributed by atoms with Gasteiger partial charge in [-0.1, -0.05) is 6.92 Å². The minimum atomic E-state index is 0. The van der Waals surface area contributed by atoms with Gasteiger partial charge >= 0.3 is 0 Å². The second-order valence-electron chi connectivity index (χ2n) is 6.58. The smallest absolute Gasteiger partial charge is 0.226 e. The van der Waals surface area contributed by atoms with Crippen LogP contribution in [0.25, 0.3) is 0 Å². The number of halogens is 1. The van der Waals surface area contributed by atoms with Gasteiger partial charge in [0.2, 0.25) is 5.91 Å². The molecule has 1 unspecified atom stereocenters. The number of hydrogen-bond donors (Lipinski definition) is 1. The number of nitrogens with one attached hydrogen (secondary N) is 1. The average Bonchev–Trinajstić information content (AvgIpc) is 3.34. The summed E-state index contributed by atoms with van der Waals surface area (Å²) >= 11 is 0. The highest BCUT2D eigenvalue weighted by Crippen LogP contribution is 2.34. The van der Waals surface area contributed by atoms with Gasteiger partial charge in [0.15, 0.2) is 0 Å². The molecule has 2 aliphatic rings. The fourth-order valence-electron chi connectivity index (χ4n) is 3.09. The molecule has 1 atom stereocenters. The van der Waals surface area contributed by atoms with Gasteiger partial charge in [0.1, 0.15) is 11.5 Å². The summed E-state index contributed by atoms with van der Waals surface area (Å²) in [5.74, 6) is 2.41. The SMILES string of the molecule is COc1ccc(OC)c(CN(C(=O)C(C)C2CNC2)C2CC2)c1.Cl. The van der Waals surface area contributed by atoms with E-state index in [1.165, 1.54) is 0 Å². The number of amides is 1.